The Balaban J connectivity index is 1.49. The highest BCUT2D eigenvalue weighted by atomic mass is 32.1. The van der Waals surface area contributed by atoms with Crippen molar-refractivity contribution in [2.45, 2.75) is 32.7 Å². The molecule has 0 saturated carbocycles. The molecule has 6 rings (SSSR count). The van der Waals surface area contributed by atoms with Crippen LogP contribution < -0.4 is 24.4 Å². The molecule has 0 unspecified atom stereocenters. The monoisotopic (exact) mass is 600 g/mol. The van der Waals surface area contributed by atoms with E-state index in [9.17, 15) is 14.4 Å². The Morgan fingerprint density at radius 2 is 1.88 bits per heavy atom. The zero-order chi connectivity index (χ0) is 30.1. The number of hydrogen-bond donors (Lipinski definition) is 0. The fourth-order valence-electron chi connectivity index (χ4n) is 5.21. The SMILES string of the molecule is CCCC1=C(C(=O)OCC)[C@@H](c2ccc3c(c2)OCO3)n2c(s/c(=C/c3ccc(-c4ccccc4C(=O)OC)o3)c2=O)=N1. The van der Waals surface area contributed by atoms with Crippen molar-refractivity contribution in [3.8, 4) is 22.8 Å². The van der Waals surface area contributed by atoms with Gasteiger partial charge in [0.1, 0.15) is 11.5 Å². The van der Waals surface area contributed by atoms with E-state index >= 15 is 0 Å². The fraction of sp³-hybridized carbons (Fsp3) is 0.250. The molecular weight excluding hydrogens is 572 g/mol. The number of nitrogens with zero attached hydrogens (tertiary/aromatic N) is 2. The number of ether oxygens (including phenoxy) is 4. The molecular formula is C32H28N2O8S. The number of esters is 2. The van der Waals surface area contributed by atoms with Crippen molar-refractivity contribution in [1.82, 2.24) is 4.57 Å². The van der Waals surface area contributed by atoms with Crippen LogP contribution in [0.15, 0.2) is 80.1 Å². The van der Waals surface area contributed by atoms with Gasteiger partial charge in [-0.2, -0.15) is 0 Å². The molecule has 2 aliphatic heterocycles. The van der Waals surface area contributed by atoms with Crippen molar-refractivity contribution in [1.29, 1.82) is 0 Å². The van der Waals surface area contributed by atoms with E-state index in [-0.39, 0.29) is 19.0 Å². The third-order valence-corrected chi connectivity index (χ3v) is 8.09. The summed E-state index contributed by atoms with van der Waals surface area (Å²) in [7, 11) is 1.32. The Labute approximate surface area is 250 Å². The van der Waals surface area contributed by atoms with E-state index in [1.54, 1.807) is 61.5 Å². The summed E-state index contributed by atoms with van der Waals surface area (Å²) in [6.45, 7) is 4.02. The molecule has 0 N–H and O–H groups in total. The first-order chi connectivity index (χ1) is 20.9. The van der Waals surface area contributed by atoms with Gasteiger partial charge in [0.05, 0.1) is 41.1 Å². The number of fused-ring (bicyclic) bond motifs is 2. The van der Waals surface area contributed by atoms with Gasteiger partial charge in [-0.3, -0.25) is 9.36 Å². The molecule has 2 aromatic heterocycles. The van der Waals surface area contributed by atoms with Crippen LogP contribution >= 0.6 is 11.3 Å². The third-order valence-electron chi connectivity index (χ3n) is 7.10. The molecule has 0 saturated heterocycles. The van der Waals surface area contributed by atoms with Crippen LogP contribution in [0.4, 0.5) is 0 Å². The molecule has 0 spiro atoms. The maximum atomic E-state index is 14.0. The van der Waals surface area contributed by atoms with Crippen LogP contribution in [0.1, 0.15) is 54.4 Å². The van der Waals surface area contributed by atoms with Crippen LogP contribution in [0, 0.1) is 0 Å². The Morgan fingerprint density at radius 1 is 1.07 bits per heavy atom. The highest BCUT2D eigenvalue weighted by molar-refractivity contribution is 7.07. The lowest BCUT2D eigenvalue weighted by Crippen LogP contribution is -2.40. The summed E-state index contributed by atoms with van der Waals surface area (Å²) >= 11 is 1.21. The van der Waals surface area contributed by atoms with Gasteiger partial charge in [-0.15, -0.1) is 0 Å². The lowest BCUT2D eigenvalue weighted by molar-refractivity contribution is -0.139. The predicted octanol–water partition coefficient (Wildman–Crippen LogP) is 4.35. The molecule has 0 amide bonds. The second kappa shape index (κ2) is 11.8. The second-order valence-electron chi connectivity index (χ2n) is 9.77. The van der Waals surface area contributed by atoms with Gasteiger partial charge in [0.15, 0.2) is 16.3 Å². The van der Waals surface area contributed by atoms with Crippen molar-refractivity contribution in [3.63, 3.8) is 0 Å². The molecule has 0 aliphatic carbocycles. The topological polar surface area (TPSA) is 119 Å². The second-order valence-corrected chi connectivity index (χ2v) is 10.8. The molecule has 2 aromatic carbocycles. The highest BCUT2D eigenvalue weighted by Gasteiger charge is 2.35. The van der Waals surface area contributed by atoms with Crippen molar-refractivity contribution in [2.24, 2.45) is 4.99 Å². The number of hydrogen-bond acceptors (Lipinski definition) is 10. The van der Waals surface area contributed by atoms with Crippen LogP contribution in [0.5, 0.6) is 11.5 Å². The first-order valence-corrected chi connectivity index (χ1v) is 14.6. The molecule has 0 radical (unpaired) electrons. The first kappa shape index (κ1) is 28.2. The minimum absolute atomic E-state index is 0.0957. The van der Waals surface area contributed by atoms with Gasteiger partial charge in [-0.25, -0.2) is 14.6 Å². The summed E-state index contributed by atoms with van der Waals surface area (Å²) < 4.78 is 29.4. The van der Waals surface area contributed by atoms with Gasteiger partial charge in [-0.1, -0.05) is 48.9 Å². The van der Waals surface area contributed by atoms with E-state index in [1.165, 1.54) is 23.0 Å². The van der Waals surface area contributed by atoms with Gasteiger partial charge in [-0.05, 0) is 49.2 Å². The molecule has 0 bridgehead atoms. The Bertz CT molecular complexity index is 1950. The molecule has 43 heavy (non-hydrogen) atoms. The summed E-state index contributed by atoms with van der Waals surface area (Å²) in [5.41, 5.74) is 2.17. The minimum atomic E-state index is -0.785. The van der Waals surface area contributed by atoms with Crippen molar-refractivity contribution in [2.75, 3.05) is 20.5 Å². The third kappa shape index (κ3) is 5.16. The number of methoxy groups -OCH3 is 1. The summed E-state index contributed by atoms with van der Waals surface area (Å²) in [4.78, 5) is 45.0. The number of rotatable bonds is 8. The molecule has 0 fully saturated rings. The van der Waals surface area contributed by atoms with Crippen LogP contribution in [-0.2, 0) is 14.3 Å². The zero-order valence-corrected chi connectivity index (χ0v) is 24.6. The number of thiazole rings is 1. The summed E-state index contributed by atoms with van der Waals surface area (Å²) in [5.74, 6) is 0.990. The normalized spacial score (nSPS) is 15.7. The summed E-state index contributed by atoms with van der Waals surface area (Å²) in [6.07, 6.45) is 2.91. The van der Waals surface area contributed by atoms with Gasteiger partial charge in [0, 0.05) is 11.6 Å². The van der Waals surface area contributed by atoms with Crippen LogP contribution in [0.25, 0.3) is 17.4 Å². The number of aromatic nitrogens is 1. The number of carbonyl (C=O) groups excluding carboxylic acids is 2. The van der Waals surface area contributed by atoms with E-state index in [1.807, 2.05) is 13.0 Å². The number of allylic oxidation sites excluding steroid dienone is 1. The highest BCUT2D eigenvalue weighted by Crippen LogP contribution is 2.39. The Hall–Kier alpha value is -4.90. The Morgan fingerprint density at radius 3 is 2.67 bits per heavy atom. The van der Waals surface area contributed by atoms with Gasteiger partial charge < -0.3 is 23.4 Å². The van der Waals surface area contributed by atoms with E-state index in [0.717, 1.165) is 6.42 Å². The average Bonchev–Trinajstić information content (AvgIpc) is 3.75. The molecule has 1 atom stereocenters. The Kier molecular flexibility index (Phi) is 7.73. The van der Waals surface area contributed by atoms with Crippen molar-refractivity contribution >= 4 is 29.4 Å². The summed E-state index contributed by atoms with van der Waals surface area (Å²) in [6, 6.07) is 15.0. The molecule has 2 aliphatic rings. The molecule has 11 heteroatoms. The average molecular weight is 601 g/mol. The lowest BCUT2D eigenvalue weighted by atomic mass is 9.94. The maximum absolute atomic E-state index is 14.0. The van der Waals surface area contributed by atoms with Crippen LogP contribution in [0.3, 0.4) is 0 Å². The number of benzene rings is 2. The largest absolute Gasteiger partial charge is 0.465 e. The molecule has 10 nitrogen and oxygen atoms in total. The van der Waals surface area contributed by atoms with E-state index in [2.05, 4.69) is 0 Å². The standard InChI is InChI=1S/C32H28N2O8S/c1-4-8-22-27(31(37)39-5-2)28(18-11-13-24-25(15-18)41-17-40-24)34-29(35)26(43-32(34)33-22)16-19-12-14-23(42-19)20-9-6-7-10-21(20)30(36)38-3/h6-7,9-16,28H,4-5,8,17H2,1-3H3/b26-16+/t28-/m1/s1. The smallest absolute Gasteiger partial charge is 0.338 e. The minimum Gasteiger partial charge on any atom is -0.465 e. The molecule has 4 heterocycles. The van der Waals surface area contributed by atoms with E-state index in [4.69, 9.17) is 28.4 Å². The molecule has 220 valence electrons. The quantitative estimate of drug-likeness (QED) is 0.274. The zero-order valence-electron chi connectivity index (χ0n) is 23.7. The lowest BCUT2D eigenvalue weighted by Gasteiger charge is -2.25. The van der Waals surface area contributed by atoms with Gasteiger partial charge in [0.25, 0.3) is 5.56 Å². The fourth-order valence-corrected chi connectivity index (χ4v) is 6.21. The maximum Gasteiger partial charge on any atom is 0.338 e. The van der Waals surface area contributed by atoms with E-state index in [0.29, 0.717) is 66.7 Å². The van der Waals surface area contributed by atoms with Crippen molar-refractivity contribution < 1.29 is 33.0 Å². The van der Waals surface area contributed by atoms with Crippen LogP contribution in [0.2, 0.25) is 0 Å². The van der Waals surface area contributed by atoms with Gasteiger partial charge >= 0.3 is 11.9 Å². The number of carbonyl (C=O) groups is 2. The van der Waals surface area contributed by atoms with E-state index < -0.39 is 18.0 Å². The van der Waals surface area contributed by atoms with Crippen molar-refractivity contribution in [3.05, 3.63) is 102 Å². The van der Waals surface area contributed by atoms with Crippen LogP contribution in [-0.4, -0.2) is 37.0 Å². The summed E-state index contributed by atoms with van der Waals surface area (Å²) in [5, 5.41) is 0. The number of furan rings is 1. The van der Waals surface area contributed by atoms with Gasteiger partial charge in [0.2, 0.25) is 6.79 Å². The predicted molar refractivity (Wildman–Crippen MR) is 158 cm³/mol. The first-order valence-electron chi connectivity index (χ1n) is 13.8. The molecule has 4 aromatic rings.